The van der Waals surface area contributed by atoms with Crippen molar-refractivity contribution in [2.75, 3.05) is 49.6 Å². The summed E-state index contributed by atoms with van der Waals surface area (Å²) >= 11 is 0. The number of hydrogen-bond donors (Lipinski definition) is 1. The van der Waals surface area contributed by atoms with Gasteiger partial charge in [-0.2, -0.15) is 0 Å². The summed E-state index contributed by atoms with van der Waals surface area (Å²) in [5, 5.41) is 3.08. The van der Waals surface area contributed by atoms with Crippen LogP contribution < -0.4 is 10.2 Å². The van der Waals surface area contributed by atoms with Gasteiger partial charge in [-0.1, -0.05) is 12.0 Å². The summed E-state index contributed by atoms with van der Waals surface area (Å²) in [5.74, 6) is 7.51. The van der Waals surface area contributed by atoms with Crippen molar-refractivity contribution in [2.24, 2.45) is 5.41 Å². The van der Waals surface area contributed by atoms with Crippen LogP contribution in [0.25, 0.3) is 11.1 Å². The first-order valence-corrected chi connectivity index (χ1v) is 11.8. The minimum Gasteiger partial charge on any atom is -0.378 e. The summed E-state index contributed by atoms with van der Waals surface area (Å²) in [6.07, 6.45) is 2.15. The third-order valence-electron chi connectivity index (χ3n) is 5.91. The molecule has 0 aliphatic carbocycles. The minimum absolute atomic E-state index is 0.0252. The van der Waals surface area contributed by atoms with E-state index in [1.54, 1.807) is 0 Å². The second-order valence-corrected chi connectivity index (χ2v) is 9.85. The zero-order chi connectivity index (χ0) is 23.4. The van der Waals surface area contributed by atoms with E-state index in [1.807, 2.05) is 11.0 Å². The number of urea groups is 1. The summed E-state index contributed by atoms with van der Waals surface area (Å²) in [4.78, 5) is 21.6. The Morgan fingerprint density at radius 2 is 1.79 bits per heavy atom. The first-order valence-electron chi connectivity index (χ1n) is 11.8. The van der Waals surface area contributed by atoms with Crippen molar-refractivity contribution < 1.29 is 9.53 Å². The highest BCUT2D eigenvalue weighted by atomic mass is 16.5. The zero-order valence-electron chi connectivity index (χ0n) is 20.2. The molecule has 6 heteroatoms. The molecule has 174 valence electrons. The van der Waals surface area contributed by atoms with E-state index in [0.717, 1.165) is 72.9 Å². The predicted octanol–water partition coefficient (Wildman–Crippen LogP) is 4.92. The summed E-state index contributed by atoms with van der Waals surface area (Å²) < 4.78 is 5.53. The molecule has 0 saturated carbocycles. The van der Waals surface area contributed by atoms with Gasteiger partial charge < -0.3 is 19.9 Å². The molecule has 0 bridgehead atoms. The first kappa shape index (κ1) is 23.1. The van der Waals surface area contributed by atoms with Gasteiger partial charge in [-0.25, -0.2) is 9.78 Å². The number of aromatic nitrogens is 1. The number of hydrogen-bond acceptors (Lipinski definition) is 4. The van der Waals surface area contributed by atoms with Gasteiger partial charge in [-0.15, -0.1) is 0 Å². The van der Waals surface area contributed by atoms with Crippen molar-refractivity contribution >= 4 is 17.5 Å². The number of pyridine rings is 1. The van der Waals surface area contributed by atoms with Crippen molar-refractivity contribution in [1.82, 2.24) is 9.88 Å². The quantitative estimate of drug-likeness (QED) is 0.680. The van der Waals surface area contributed by atoms with Crippen molar-refractivity contribution in [3.8, 4) is 23.0 Å². The highest BCUT2D eigenvalue weighted by molar-refractivity contribution is 5.90. The van der Waals surface area contributed by atoms with Gasteiger partial charge in [0.1, 0.15) is 11.5 Å². The fourth-order valence-corrected chi connectivity index (χ4v) is 4.08. The molecule has 2 aliphatic heterocycles. The maximum absolute atomic E-state index is 12.6. The van der Waals surface area contributed by atoms with Gasteiger partial charge in [0.15, 0.2) is 0 Å². The lowest BCUT2D eigenvalue weighted by Gasteiger charge is -2.28. The molecule has 2 aromatic rings. The number of anilines is 2. The molecule has 33 heavy (non-hydrogen) atoms. The van der Waals surface area contributed by atoms with Gasteiger partial charge >= 0.3 is 6.03 Å². The topological polar surface area (TPSA) is 57.7 Å². The molecule has 0 radical (unpaired) electrons. The number of aryl methyl sites for hydroxylation is 1. The molecule has 3 heterocycles. The number of likely N-dealkylation sites (tertiary alicyclic amines) is 1. The van der Waals surface area contributed by atoms with Crippen molar-refractivity contribution in [1.29, 1.82) is 0 Å². The summed E-state index contributed by atoms with van der Waals surface area (Å²) in [7, 11) is 0. The van der Waals surface area contributed by atoms with E-state index in [1.165, 1.54) is 0 Å². The largest absolute Gasteiger partial charge is 0.378 e. The van der Waals surface area contributed by atoms with E-state index in [2.05, 4.69) is 74.0 Å². The number of rotatable bonds is 3. The lowest BCUT2D eigenvalue weighted by atomic mass is 9.97. The van der Waals surface area contributed by atoms with E-state index in [9.17, 15) is 4.79 Å². The SMILES string of the molecule is Cc1ccc(NC(=O)N2CCCC2)cc1-c1cc(C#CC(C)(C)C)nc(N2CCOCC2)c1. The van der Waals surface area contributed by atoms with Crippen LogP contribution in [-0.2, 0) is 4.74 Å². The van der Waals surface area contributed by atoms with Gasteiger partial charge in [-0.05, 0) is 87.4 Å². The zero-order valence-corrected chi connectivity index (χ0v) is 20.2. The molecular formula is C27H34N4O2. The molecule has 2 saturated heterocycles. The third-order valence-corrected chi connectivity index (χ3v) is 5.91. The standard InChI is InChI=1S/C27H34N4O2/c1-20-7-8-22(29-26(32)31-11-5-6-12-31)19-24(20)21-17-23(9-10-27(2,3)4)28-25(18-21)30-13-15-33-16-14-30/h7-8,17-19H,5-6,11-16H2,1-4H3,(H,29,32). The Morgan fingerprint density at radius 1 is 1.06 bits per heavy atom. The van der Waals surface area contributed by atoms with Crippen LogP contribution in [0.2, 0.25) is 0 Å². The predicted molar refractivity (Wildman–Crippen MR) is 134 cm³/mol. The molecule has 4 rings (SSSR count). The molecule has 0 atom stereocenters. The highest BCUT2D eigenvalue weighted by Crippen LogP contribution is 2.30. The van der Waals surface area contributed by atoms with Crippen LogP contribution in [0, 0.1) is 24.2 Å². The van der Waals surface area contributed by atoms with E-state index in [0.29, 0.717) is 13.2 Å². The van der Waals surface area contributed by atoms with Gasteiger partial charge in [0.25, 0.3) is 0 Å². The molecule has 2 amide bonds. The minimum atomic E-state index is -0.105. The molecule has 1 aromatic heterocycles. The number of benzene rings is 1. The highest BCUT2D eigenvalue weighted by Gasteiger charge is 2.19. The fraction of sp³-hybridized carbons (Fsp3) is 0.481. The Morgan fingerprint density at radius 3 is 2.48 bits per heavy atom. The van der Waals surface area contributed by atoms with E-state index in [4.69, 9.17) is 9.72 Å². The summed E-state index contributed by atoms with van der Waals surface area (Å²) in [6.45, 7) is 13.1. The van der Waals surface area contributed by atoms with Gasteiger partial charge in [0.2, 0.25) is 0 Å². The van der Waals surface area contributed by atoms with Gasteiger partial charge in [0.05, 0.1) is 13.2 Å². The molecule has 0 unspecified atom stereocenters. The Kier molecular flexibility index (Phi) is 6.90. The maximum Gasteiger partial charge on any atom is 0.321 e. The van der Waals surface area contributed by atoms with E-state index >= 15 is 0 Å². The third kappa shape index (κ3) is 6.06. The maximum atomic E-state index is 12.6. The lowest BCUT2D eigenvalue weighted by Crippen LogP contribution is -2.36. The monoisotopic (exact) mass is 446 g/mol. The van der Waals surface area contributed by atoms with Crippen LogP contribution in [0.1, 0.15) is 44.9 Å². The summed E-state index contributed by atoms with van der Waals surface area (Å²) in [6, 6.07) is 10.2. The van der Waals surface area contributed by atoms with Crippen molar-refractivity contribution in [3.05, 3.63) is 41.6 Å². The summed E-state index contributed by atoms with van der Waals surface area (Å²) in [5.41, 5.74) is 4.73. The molecule has 2 fully saturated rings. The van der Waals surface area contributed by atoms with E-state index in [-0.39, 0.29) is 11.4 Å². The number of carbonyl (C=O) groups is 1. The second-order valence-electron chi connectivity index (χ2n) is 9.85. The van der Waals surface area contributed by atoms with Crippen LogP contribution in [0.15, 0.2) is 30.3 Å². The van der Waals surface area contributed by atoms with Crippen LogP contribution in [0.4, 0.5) is 16.3 Å². The van der Waals surface area contributed by atoms with Crippen LogP contribution in [-0.4, -0.2) is 55.3 Å². The Hall–Kier alpha value is -3.04. The van der Waals surface area contributed by atoms with Gasteiger partial charge in [-0.3, -0.25) is 0 Å². The molecule has 1 aromatic carbocycles. The average molecular weight is 447 g/mol. The van der Waals surface area contributed by atoms with Crippen LogP contribution in [0.5, 0.6) is 0 Å². The molecule has 1 N–H and O–H groups in total. The molecule has 6 nitrogen and oxygen atoms in total. The number of amides is 2. The Balaban J connectivity index is 1.70. The first-order chi connectivity index (χ1) is 15.8. The van der Waals surface area contributed by atoms with Crippen LogP contribution >= 0.6 is 0 Å². The molecule has 2 aliphatic rings. The number of carbonyl (C=O) groups excluding carboxylic acids is 1. The fourth-order valence-electron chi connectivity index (χ4n) is 4.08. The number of nitrogens with one attached hydrogen (secondary N) is 1. The Bertz CT molecular complexity index is 1070. The number of morpholine rings is 1. The second kappa shape index (κ2) is 9.84. The number of nitrogens with zero attached hydrogens (tertiary/aromatic N) is 3. The van der Waals surface area contributed by atoms with E-state index < -0.39 is 0 Å². The van der Waals surface area contributed by atoms with Crippen LogP contribution in [0.3, 0.4) is 0 Å². The lowest BCUT2D eigenvalue weighted by molar-refractivity contribution is 0.122. The van der Waals surface area contributed by atoms with Crippen molar-refractivity contribution in [2.45, 2.75) is 40.5 Å². The molecule has 0 spiro atoms. The number of ether oxygens (including phenoxy) is 1. The van der Waals surface area contributed by atoms with Gasteiger partial charge in [0, 0.05) is 37.3 Å². The Labute approximate surface area is 197 Å². The molecular weight excluding hydrogens is 412 g/mol. The smallest absolute Gasteiger partial charge is 0.321 e. The normalized spacial score (nSPS) is 16.4. The van der Waals surface area contributed by atoms with Crippen molar-refractivity contribution in [3.63, 3.8) is 0 Å². The average Bonchev–Trinajstić information content (AvgIpc) is 3.34.